The zero-order chi connectivity index (χ0) is 22.1. The van der Waals surface area contributed by atoms with Crippen molar-refractivity contribution >= 4 is 17.7 Å². The van der Waals surface area contributed by atoms with E-state index in [2.05, 4.69) is 40.2 Å². The van der Waals surface area contributed by atoms with Gasteiger partial charge in [-0.15, -0.1) is 0 Å². The molecule has 7 nitrogen and oxygen atoms in total. The van der Waals surface area contributed by atoms with Gasteiger partial charge in [-0.2, -0.15) is 0 Å². The Labute approximate surface area is 187 Å². The Morgan fingerprint density at radius 3 is 2.72 bits per heavy atom. The number of fused-ring (bicyclic) bond motifs is 2. The van der Waals surface area contributed by atoms with E-state index in [1.807, 2.05) is 18.2 Å². The fraction of sp³-hybridized carbons (Fsp3) is 0.400. The Bertz CT molecular complexity index is 1070. The maximum atomic E-state index is 12.9. The molecule has 2 aromatic carbocycles. The van der Waals surface area contributed by atoms with Gasteiger partial charge in [0.15, 0.2) is 0 Å². The minimum Gasteiger partial charge on any atom is -0.322 e. The van der Waals surface area contributed by atoms with Crippen LogP contribution in [0.1, 0.15) is 51.9 Å². The monoisotopic (exact) mass is 432 g/mol. The zero-order valence-electron chi connectivity index (χ0n) is 18.0. The van der Waals surface area contributed by atoms with E-state index in [-0.39, 0.29) is 24.1 Å². The molecule has 1 fully saturated rings. The molecule has 7 heteroatoms. The minimum absolute atomic E-state index is 0.124. The number of carbonyl (C=O) groups excluding carboxylic acids is 3. The van der Waals surface area contributed by atoms with Crippen molar-refractivity contribution < 1.29 is 14.4 Å². The maximum Gasteiger partial charge on any atom is 0.255 e. The highest BCUT2D eigenvalue weighted by Crippen LogP contribution is 2.29. The largest absolute Gasteiger partial charge is 0.322 e. The predicted molar refractivity (Wildman–Crippen MR) is 120 cm³/mol. The highest BCUT2D eigenvalue weighted by molar-refractivity contribution is 6.05. The van der Waals surface area contributed by atoms with E-state index in [0.29, 0.717) is 31.1 Å². The standard InChI is InChI=1S/C25H28N4O3/c30-23-9-8-22(24(31)28-23)29-15-21-18(6-3-7-20(21)25(29)32)13-26-11-10-19-12-16-4-1-2-5-17(16)14-27-19/h1-7,19,22,26-27H,8-15H2,(H,28,30,31). The predicted octanol–water partition coefficient (Wildman–Crippen LogP) is 1.64. The minimum atomic E-state index is -0.575. The van der Waals surface area contributed by atoms with E-state index < -0.39 is 6.04 Å². The van der Waals surface area contributed by atoms with Gasteiger partial charge in [-0.3, -0.25) is 19.7 Å². The summed E-state index contributed by atoms with van der Waals surface area (Å²) in [6, 6.07) is 14.3. The number of benzene rings is 2. The summed E-state index contributed by atoms with van der Waals surface area (Å²) < 4.78 is 0. The number of hydrogen-bond donors (Lipinski definition) is 3. The lowest BCUT2D eigenvalue weighted by Crippen LogP contribution is -2.52. The third-order valence-electron chi connectivity index (χ3n) is 6.83. The highest BCUT2D eigenvalue weighted by atomic mass is 16.2. The smallest absolute Gasteiger partial charge is 0.255 e. The van der Waals surface area contributed by atoms with Crippen LogP contribution in [0.2, 0.25) is 0 Å². The van der Waals surface area contributed by atoms with E-state index >= 15 is 0 Å². The number of carbonyl (C=O) groups is 3. The molecule has 1 saturated heterocycles. The quantitative estimate of drug-likeness (QED) is 0.477. The SMILES string of the molecule is O=C1CCC(N2Cc3c(CNCCC4Cc5ccccc5CN4)cccc3C2=O)C(=O)N1. The van der Waals surface area contributed by atoms with Gasteiger partial charge in [-0.1, -0.05) is 36.4 Å². The van der Waals surface area contributed by atoms with Gasteiger partial charge in [0.2, 0.25) is 11.8 Å². The molecule has 3 heterocycles. The van der Waals surface area contributed by atoms with Crippen LogP contribution in [0.5, 0.6) is 0 Å². The molecule has 166 valence electrons. The maximum absolute atomic E-state index is 12.9. The van der Waals surface area contributed by atoms with Crippen LogP contribution in [0.4, 0.5) is 0 Å². The fourth-order valence-electron chi connectivity index (χ4n) is 5.04. The summed E-state index contributed by atoms with van der Waals surface area (Å²) in [7, 11) is 0. The van der Waals surface area contributed by atoms with Crippen LogP contribution in [0, 0.1) is 0 Å². The summed E-state index contributed by atoms with van der Waals surface area (Å²) >= 11 is 0. The molecule has 2 aromatic rings. The van der Waals surface area contributed by atoms with Crippen molar-refractivity contribution in [3.05, 3.63) is 70.3 Å². The molecule has 0 bridgehead atoms. The Balaban J connectivity index is 1.17. The van der Waals surface area contributed by atoms with Crippen LogP contribution in [0.25, 0.3) is 0 Å². The summed E-state index contributed by atoms with van der Waals surface area (Å²) in [4.78, 5) is 38.3. The van der Waals surface area contributed by atoms with E-state index in [0.717, 1.165) is 37.1 Å². The molecule has 0 saturated carbocycles. The molecule has 0 aliphatic carbocycles. The number of hydrogen-bond acceptors (Lipinski definition) is 5. The lowest BCUT2D eigenvalue weighted by Gasteiger charge is -2.29. The van der Waals surface area contributed by atoms with Crippen LogP contribution in [0.3, 0.4) is 0 Å². The molecule has 3 N–H and O–H groups in total. The van der Waals surface area contributed by atoms with Crippen LogP contribution in [0.15, 0.2) is 42.5 Å². The summed E-state index contributed by atoms with van der Waals surface area (Å²) in [6.45, 7) is 2.90. The van der Waals surface area contributed by atoms with Crippen molar-refractivity contribution in [2.45, 2.75) is 57.4 Å². The normalized spacial score (nSPS) is 22.5. The molecule has 2 unspecified atom stereocenters. The van der Waals surface area contributed by atoms with Gasteiger partial charge in [-0.05, 0) is 54.1 Å². The van der Waals surface area contributed by atoms with E-state index in [1.165, 1.54) is 11.1 Å². The number of imide groups is 1. The van der Waals surface area contributed by atoms with Gasteiger partial charge in [-0.25, -0.2) is 0 Å². The highest BCUT2D eigenvalue weighted by Gasteiger charge is 2.39. The number of nitrogens with zero attached hydrogens (tertiary/aromatic N) is 1. The molecule has 2 atom stereocenters. The third kappa shape index (κ3) is 4.06. The van der Waals surface area contributed by atoms with E-state index in [1.54, 1.807) is 4.90 Å². The van der Waals surface area contributed by atoms with Crippen LogP contribution >= 0.6 is 0 Å². The summed E-state index contributed by atoms with van der Waals surface area (Å²) in [5.41, 5.74) is 5.57. The first-order valence-electron chi connectivity index (χ1n) is 11.4. The Kier molecular flexibility index (Phi) is 5.76. The van der Waals surface area contributed by atoms with E-state index in [9.17, 15) is 14.4 Å². The van der Waals surface area contributed by atoms with Gasteiger partial charge in [0.25, 0.3) is 5.91 Å². The first-order chi connectivity index (χ1) is 15.6. The van der Waals surface area contributed by atoms with Crippen molar-refractivity contribution in [2.75, 3.05) is 6.54 Å². The van der Waals surface area contributed by atoms with Gasteiger partial charge in [0.05, 0.1) is 0 Å². The first kappa shape index (κ1) is 20.8. The van der Waals surface area contributed by atoms with Crippen molar-refractivity contribution in [1.29, 1.82) is 0 Å². The molecule has 5 rings (SSSR count). The van der Waals surface area contributed by atoms with Crippen molar-refractivity contribution in [2.24, 2.45) is 0 Å². The molecule has 32 heavy (non-hydrogen) atoms. The molecule has 0 spiro atoms. The van der Waals surface area contributed by atoms with Gasteiger partial charge in [0, 0.05) is 37.7 Å². The molecular weight excluding hydrogens is 404 g/mol. The second-order valence-corrected chi connectivity index (χ2v) is 8.86. The molecule has 3 aliphatic heterocycles. The number of nitrogens with one attached hydrogen (secondary N) is 3. The summed E-state index contributed by atoms with van der Waals surface area (Å²) in [6.07, 6.45) is 2.73. The molecule has 3 aliphatic rings. The summed E-state index contributed by atoms with van der Waals surface area (Å²) in [5.74, 6) is -0.763. The first-order valence-corrected chi connectivity index (χ1v) is 11.4. The van der Waals surface area contributed by atoms with Crippen molar-refractivity contribution in [1.82, 2.24) is 20.9 Å². The van der Waals surface area contributed by atoms with Crippen molar-refractivity contribution in [3.8, 4) is 0 Å². The van der Waals surface area contributed by atoms with E-state index in [4.69, 9.17) is 0 Å². The van der Waals surface area contributed by atoms with Gasteiger partial charge < -0.3 is 15.5 Å². The molecule has 0 aromatic heterocycles. The molecular formula is C25H28N4O3. The topological polar surface area (TPSA) is 90.5 Å². The molecule has 0 radical (unpaired) electrons. The Morgan fingerprint density at radius 1 is 1.03 bits per heavy atom. The van der Waals surface area contributed by atoms with Crippen molar-refractivity contribution in [3.63, 3.8) is 0 Å². The second kappa shape index (κ2) is 8.84. The Hall–Kier alpha value is -3.03. The number of piperidine rings is 1. The third-order valence-corrected chi connectivity index (χ3v) is 6.83. The van der Waals surface area contributed by atoms with Gasteiger partial charge in [0.1, 0.15) is 6.04 Å². The fourth-order valence-corrected chi connectivity index (χ4v) is 5.04. The molecule has 3 amide bonds. The Morgan fingerprint density at radius 2 is 1.88 bits per heavy atom. The van der Waals surface area contributed by atoms with Crippen LogP contribution < -0.4 is 16.0 Å². The average Bonchev–Trinajstić information content (AvgIpc) is 3.13. The number of amides is 3. The lowest BCUT2D eigenvalue weighted by atomic mass is 9.94. The number of rotatable bonds is 6. The second-order valence-electron chi connectivity index (χ2n) is 8.86. The lowest BCUT2D eigenvalue weighted by molar-refractivity contribution is -0.136. The average molecular weight is 433 g/mol. The summed E-state index contributed by atoms with van der Waals surface area (Å²) in [5, 5.41) is 9.51. The van der Waals surface area contributed by atoms with Crippen LogP contribution in [-0.4, -0.2) is 41.2 Å². The van der Waals surface area contributed by atoms with Crippen LogP contribution in [-0.2, 0) is 35.6 Å². The zero-order valence-corrected chi connectivity index (χ0v) is 18.0. The van der Waals surface area contributed by atoms with Gasteiger partial charge >= 0.3 is 0 Å².